The lowest BCUT2D eigenvalue weighted by atomic mass is 10.1. The molecular formula is C14H22N2O2. The van der Waals surface area contributed by atoms with Gasteiger partial charge >= 0.3 is 0 Å². The molecule has 0 aliphatic carbocycles. The molecule has 0 atom stereocenters. The van der Waals surface area contributed by atoms with E-state index in [-0.39, 0.29) is 11.9 Å². The van der Waals surface area contributed by atoms with Gasteiger partial charge in [-0.3, -0.25) is 9.63 Å². The zero-order valence-electron chi connectivity index (χ0n) is 11.7. The molecule has 4 nitrogen and oxygen atoms in total. The molecule has 4 heteroatoms. The van der Waals surface area contributed by atoms with Crippen LogP contribution in [0.15, 0.2) is 24.3 Å². The summed E-state index contributed by atoms with van der Waals surface area (Å²) in [5.74, 6) is -0.242. The van der Waals surface area contributed by atoms with Gasteiger partial charge in [0.05, 0.1) is 11.2 Å². The minimum absolute atomic E-state index is 0.242. The van der Waals surface area contributed by atoms with E-state index in [0.717, 1.165) is 5.69 Å². The van der Waals surface area contributed by atoms with Crippen molar-refractivity contribution in [3.05, 3.63) is 29.8 Å². The summed E-state index contributed by atoms with van der Waals surface area (Å²) in [6.45, 7) is 9.70. The summed E-state index contributed by atoms with van der Waals surface area (Å²) >= 11 is 0. The van der Waals surface area contributed by atoms with Gasteiger partial charge in [0, 0.05) is 11.7 Å². The van der Waals surface area contributed by atoms with Crippen molar-refractivity contribution in [2.24, 2.45) is 0 Å². The number of anilines is 1. The van der Waals surface area contributed by atoms with Crippen LogP contribution in [0.3, 0.4) is 0 Å². The second-order valence-corrected chi connectivity index (χ2v) is 5.49. The Morgan fingerprint density at radius 2 is 1.83 bits per heavy atom. The predicted octanol–water partition coefficient (Wildman–Crippen LogP) is 2.97. The summed E-state index contributed by atoms with van der Waals surface area (Å²) < 4.78 is 0. The highest BCUT2D eigenvalue weighted by atomic mass is 16.7. The van der Waals surface area contributed by atoms with E-state index in [2.05, 4.69) is 10.8 Å². The van der Waals surface area contributed by atoms with Gasteiger partial charge in [0.15, 0.2) is 0 Å². The average molecular weight is 250 g/mol. The van der Waals surface area contributed by atoms with Gasteiger partial charge in [-0.25, -0.2) is 5.48 Å². The van der Waals surface area contributed by atoms with Crippen molar-refractivity contribution < 1.29 is 9.63 Å². The van der Waals surface area contributed by atoms with Crippen LogP contribution < -0.4 is 10.8 Å². The monoisotopic (exact) mass is 250 g/mol. The molecule has 0 unspecified atom stereocenters. The van der Waals surface area contributed by atoms with E-state index in [1.807, 2.05) is 52.8 Å². The molecule has 100 valence electrons. The Balaban J connectivity index is 2.79. The quantitative estimate of drug-likeness (QED) is 0.808. The number of para-hydroxylation sites is 1. The van der Waals surface area contributed by atoms with E-state index in [1.54, 1.807) is 6.07 Å². The molecule has 0 saturated carbocycles. The van der Waals surface area contributed by atoms with Crippen molar-refractivity contribution in [3.8, 4) is 0 Å². The maximum absolute atomic E-state index is 12.0. The molecule has 0 heterocycles. The highest BCUT2D eigenvalue weighted by molar-refractivity contribution is 5.99. The van der Waals surface area contributed by atoms with E-state index >= 15 is 0 Å². The molecule has 0 aliphatic rings. The number of hydroxylamine groups is 1. The summed E-state index contributed by atoms with van der Waals surface area (Å²) in [4.78, 5) is 17.3. The molecule has 1 amide bonds. The molecule has 0 aromatic heterocycles. The van der Waals surface area contributed by atoms with E-state index in [4.69, 9.17) is 4.84 Å². The van der Waals surface area contributed by atoms with Crippen LogP contribution >= 0.6 is 0 Å². The van der Waals surface area contributed by atoms with E-state index in [1.165, 1.54) is 0 Å². The molecule has 0 aliphatic heterocycles. The molecular weight excluding hydrogens is 228 g/mol. The molecule has 0 fully saturated rings. The fourth-order valence-corrected chi connectivity index (χ4v) is 1.37. The van der Waals surface area contributed by atoms with Gasteiger partial charge in [0.25, 0.3) is 5.91 Å². The third-order valence-corrected chi connectivity index (χ3v) is 2.07. The molecule has 18 heavy (non-hydrogen) atoms. The van der Waals surface area contributed by atoms with Crippen molar-refractivity contribution in [2.75, 3.05) is 5.32 Å². The maximum Gasteiger partial charge on any atom is 0.276 e. The van der Waals surface area contributed by atoms with E-state index in [9.17, 15) is 4.79 Å². The van der Waals surface area contributed by atoms with Crippen molar-refractivity contribution >= 4 is 11.6 Å². The van der Waals surface area contributed by atoms with Gasteiger partial charge in [-0.15, -0.1) is 0 Å². The number of nitrogens with one attached hydrogen (secondary N) is 2. The normalized spacial score (nSPS) is 11.4. The Morgan fingerprint density at radius 3 is 2.39 bits per heavy atom. The van der Waals surface area contributed by atoms with Crippen LogP contribution in [0, 0.1) is 0 Å². The van der Waals surface area contributed by atoms with Gasteiger partial charge in [-0.2, -0.15) is 0 Å². The Labute approximate surface area is 109 Å². The Hall–Kier alpha value is -1.55. The van der Waals surface area contributed by atoms with Gasteiger partial charge in [0.1, 0.15) is 0 Å². The van der Waals surface area contributed by atoms with Crippen molar-refractivity contribution in [1.29, 1.82) is 0 Å². The minimum atomic E-state index is -0.407. The fraction of sp³-hybridized carbons (Fsp3) is 0.500. The Kier molecular flexibility index (Phi) is 4.73. The van der Waals surface area contributed by atoms with E-state index < -0.39 is 5.60 Å². The zero-order valence-corrected chi connectivity index (χ0v) is 11.7. The summed E-state index contributed by atoms with van der Waals surface area (Å²) in [7, 11) is 0. The molecule has 1 aromatic carbocycles. The van der Waals surface area contributed by atoms with Crippen LogP contribution in [-0.2, 0) is 4.84 Å². The number of benzene rings is 1. The lowest BCUT2D eigenvalue weighted by Crippen LogP contribution is -2.34. The predicted molar refractivity (Wildman–Crippen MR) is 73.5 cm³/mol. The standard InChI is InChI=1S/C14H22N2O2/c1-10(2)15-12-9-7-6-8-11(12)13(17)16-18-14(3,4)5/h6-10,15H,1-5H3,(H,16,17). The van der Waals surface area contributed by atoms with Crippen LogP contribution in [0.2, 0.25) is 0 Å². The largest absolute Gasteiger partial charge is 0.382 e. The topological polar surface area (TPSA) is 50.4 Å². The van der Waals surface area contributed by atoms with Crippen LogP contribution in [0.4, 0.5) is 5.69 Å². The van der Waals surface area contributed by atoms with Gasteiger partial charge < -0.3 is 5.32 Å². The highest BCUT2D eigenvalue weighted by Crippen LogP contribution is 2.16. The van der Waals surface area contributed by atoms with Crippen molar-refractivity contribution in [3.63, 3.8) is 0 Å². The van der Waals surface area contributed by atoms with Crippen LogP contribution in [-0.4, -0.2) is 17.6 Å². The Bertz CT molecular complexity index is 409. The van der Waals surface area contributed by atoms with Crippen LogP contribution in [0.25, 0.3) is 0 Å². The number of carbonyl (C=O) groups excluding carboxylic acids is 1. The number of amides is 1. The number of rotatable bonds is 4. The van der Waals surface area contributed by atoms with Gasteiger partial charge in [0.2, 0.25) is 0 Å². The second-order valence-electron chi connectivity index (χ2n) is 5.49. The van der Waals surface area contributed by atoms with Crippen molar-refractivity contribution in [1.82, 2.24) is 5.48 Å². The first-order valence-corrected chi connectivity index (χ1v) is 6.13. The van der Waals surface area contributed by atoms with Crippen molar-refractivity contribution in [2.45, 2.75) is 46.3 Å². The minimum Gasteiger partial charge on any atom is -0.382 e. The second kappa shape index (κ2) is 5.87. The fourth-order valence-electron chi connectivity index (χ4n) is 1.37. The Morgan fingerprint density at radius 1 is 1.22 bits per heavy atom. The molecule has 0 saturated heterocycles. The first-order chi connectivity index (χ1) is 8.29. The van der Waals surface area contributed by atoms with E-state index in [0.29, 0.717) is 5.56 Å². The molecule has 0 spiro atoms. The maximum atomic E-state index is 12.0. The summed E-state index contributed by atoms with van der Waals surface area (Å²) in [6, 6.07) is 7.64. The number of hydrogen-bond acceptors (Lipinski definition) is 3. The average Bonchev–Trinajstić information content (AvgIpc) is 2.25. The number of hydrogen-bond donors (Lipinski definition) is 2. The lowest BCUT2D eigenvalue weighted by Gasteiger charge is -2.20. The molecule has 0 bridgehead atoms. The molecule has 2 N–H and O–H groups in total. The van der Waals surface area contributed by atoms with Gasteiger partial charge in [-0.1, -0.05) is 12.1 Å². The third-order valence-electron chi connectivity index (χ3n) is 2.07. The first-order valence-electron chi connectivity index (χ1n) is 6.13. The van der Waals surface area contributed by atoms with Crippen LogP contribution in [0.5, 0.6) is 0 Å². The zero-order chi connectivity index (χ0) is 13.8. The highest BCUT2D eigenvalue weighted by Gasteiger charge is 2.16. The van der Waals surface area contributed by atoms with Gasteiger partial charge in [-0.05, 0) is 46.8 Å². The molecule has 1 rings (SSSR count). The number of carbonyl (C=O) groups is 1. The first kappa shape index (κ1) is 14.5. The SMILES string of the molecule is CC(C)Nc1ccccc1C(=O)NOC(C)(C)C. The molecule has 0 radical (unpaired) electrons. The lowest BCUT2D eigenvalue weighted by molar-refractivity contribution is -0.0589. The summed E-state index contributed by atoms with van der Waals surface area (Å²) in [5.41, 5.74) is 3.45. The summed E-state index contributed by atoms with van der Waals surface area (Å²) in [6.07, 6.45) is 0. The van der Waals surface area contributed by atoms with Crippen LogP contribution in [0.1, 0.15) is 45.0 Å². The smallest absolute Gasteiger partial charge is 0.276 e. The summed E-state index contributed by atoms with van der Waals surface area (Å²) in [5, 5.41) is 3.24. The molecule has 1 aromatic rings. The third kappa shape index (κ3) is 4.75.